The highest BCUT2D eigenvalue weighted by Crippen LogP contribution is 2.46. The molecule has 1 aromatic carbocycles. The lowest BCUT2D eigenvalue weighted by atomic mass is 9.68. The van der Waals surface area contributed by atoms with E-state index in [-0.39, 0.29) is 12.1 Å². The predicted molar refractivity (Wildman–Crippen MR) is 136 cm³/mol. The first-order chi connectivity index (χ1) is 17.1. The monoisotopic (exact) mass is 479 g/mol. The highest BCUT2D eigenvalue weighted by atomic mass is 16.4. The minimum absolute atomic E-state index is 0.00340. The number of fused-ring (bicyclic) bond motifs is 4. The number of carbonyl (C=O) groups excluding carboxylic acids is 1. The second kappa shape index (κ2) is 9.76. The minimum atomic E-state index is -0.786. The van der Waals surface area contributed by atoms with Gasteiger partial charge < -0.3 is 10.0 Å². The van der Waals surface area contributed by atoms with Crippen LogP contribution in [0.4, 0.5) is 10.5 Å². The van der Waals surface area contributed by atoms with Crippen molar-refractivity contribution in [1.82, 2.24) is 9.80 Å². The van der Waals surface area contributed by atoms with Crippen molar-refractivity contribution in [3.05, 3.63) is 30.3 Å². The highest BCUT2D eigenvalue weighted by Gasteiger charge is 2.47. The van der Waals surface area contributed by atoms with E-state index in [1.165, 1.54) is 57.8 Å². The molecule has 2 amide bonds. The molecular formula is C29H41N3O3. The van der Waals surface area contributed by atoms with Crippen LogP contribution < -0.4 is 4.90 Å². The fraction of sp³-hybridized carbons (Fsp3) is 0.724. The molecule has 0 spiro atoms. The standard InChI is InChI=1S/C29H41N3O3/c33-28(34)22-12-13-30(19-22)29(35)32(23-8-2-1-3-9-23)27-17-24-10-5-11-25(18-27)31(24)26-15-20-6-4-7-21(14-20)16-26/h1-3,8-9,20-22,24-27H,4-7,10-19H2,(H,33,34). The summed E-state index contributed by atoms with van der Waals surface area (Å²) >= 11 is 0. The van der Waals surface area contributed by atoms with Gasteiger partial charge >= 0.3 is 12.0 Å². The molecule has 3 heterocycles. The van der Waals surface area contributed by atoms with Crippen LogP contribution in [0.15, 0.2) is 30.3 Å². The summed E-state index contributed by atoms with van der Waals surface area (Å²) in [7, 11) is 0. The van der Waals surface area contributed by atoms with Gasteiger partial charge in [-0.25, -0.2) is 4.79 Å². The number of para-hydroxylation sites is 1. The zero-order valence-corrected chi connectivity index (χ0v) is 20.9. The van der Waals surface area contributed by atoms with E-state index in [1.54, 1.807) is 4.90 Å². The second-order valence-corrected chi connectivity index (χ2v) is 12.1. The molecule has 5 unspecified atom stereocenters. The number of urea groups is 1. The van der Waals surface area contributed by atoms with E-state index < -0.39 is 11.9 Å². The van der Waals surface area contributed by atoms with Crippen molar-refractivity contribution in [3.8, 4) is 0 Å². The van der Waals surface area contributed by atoms with Crippen molar-refractivity contribution in [1.29, 1.82) is 0 Å². The molecule has 5 atom stereocenters. The summed E-state index contributed by atoms with van der Waals surface area (Å²) in [6.07, 6.45) is 15.0. The third kappa shape index (κ3) is 4.59. The van der Waals surface area contributed by atoms with Crippen LogP contribution in [0.2, 0.25) is 0 Å². The lowest BCUT2D eigenvalue weighted by Gasteiger charge is -2.56. The number of carboxylic acids is 1. The van der Waals surface area contributed by atoms with Crippen LogP contribution in [0.5, 0.6) is 0 Å². The molecule has 190 valence electrons. The summed E-state index contributed by atoms with van der Waals surface area (Å²) < 4.78 is 0. The van der Waals surface area contributed by atoms with Gasteiger partial charge in [-0.1, -0.05) is 43.9 Å². The quantitative estimate of drug-likeness (QED) is 0.630. The molecule has 6 rings (SSSR count). The van der Waals surface area contributed by atoms with Gasteiger partial charge in [0, 0.05) is 42.9 Å². The Balaban J connectivity index is 1.23. The molecule has 5 aliphatic rings. The first-order valence-corrected chi connectivity index (χ1v) is 14.2. The molecule has 3 aliphatic heterocycles. The van der Waals surface area contributed by atoms with E-state index >= 15 is 0 Å². The molecule has 1 aromatic rings. The topological polar surface area (TPSA) is 64.1 Å². The van der Waals surface area contributed by atoms with E-state index in [9.17, 15) is 14.7 Å². The average molecular weight is 480 g/mol. The summed E-state index contributed by atoms with van der Waals surface area (Å²) in [5.74, 6) is 0.645. The molecule has 35 heavy (non-hydrogen) atoms. The summed E-state index contributed by atoms with van der Waals surface area (Å²) in [6, 6.07) is 12.2. The fourth-order valence-electron chi connectivity index (χ4n) is 8.49. The van der Waals surface area contributed by atoms with Crippen molar-refractivity contribution in [3.63, 3.8) is 0 Å². The maximum Gasteiger partial charge on any atom is 0.324 e. The number of hydrogen-bond acceptors (Lipinski definition) is 3. The molecular weight excluding hydrogens is 438 g/mol. The van der Waals surface area contributed by atoms with Crippen LogP contribution >= 0.6 is 0 Å². The Labute approximate surface area is 209 Å². The highest BCUT2D eigenvalue weighted by molar-refractivity contribution is 5.93. The molecule has 2 aliphatic carbocycles. The molecule has 4 bridgehead atoms. The van der Waals surface area contributed by atoms with Crippen molar-refractivity contribution in [2.75, 3.05) is 18.0 Å². The summed E-state index contributed by atoms with van der Waals surface area (Å²) in [4.78, 5) is 32.2. The average Bonchev–Trinajstić information content (AvgIpc) is 3.35. The van der Waals surface area contributed by atoms with Crippen molar-refractivity contribution < 1.29 is 14.7 Å². The van der Waals surface area contributed by atoms with Crippen LogP contribution in [0.3, 0.4) is 0 Å². The third-order valence-corrected chi connectivity index (χ3v) is 9.94. The van der Waals surface area contributed by atoms with Gasteiger partial charge in [0.05, 0.1) is 5.92 Å². The smallest absolute Gasteiger partial charge is 0.324 e. The molecule has 1 N–H and O–H groups in total. The first kappa shape index (κ1) is 23.3. The lowest BCUT2D eigenvalue weighted by molar-refractivity contribution is -0.141. The van der Waals surface area contributed by atoms with Crippen LogP contribution in [0, 0.1) is 17.8 Å². The predicted octanol–water partition coefficient (Wildman–Crippen LogP) is 5.37. The summed E-state index contributed by atoms with van der Waals surface area (Å²) in [5, 5.41) is 9.48. The van der Waals surface area contributed by atoms with Crippen LogP contribution in [0.1, 0.15) is 77.0 Å². The molecule has 6 heteroatoms. The van der Waals surface area contributed by atoms with Crippen molar-refractivity contribution in [2.45, 2.75) is 101 Å². The van der Waals surface area contributed by atoms with Gasteiger partial charge in [0.25, 0.3) is 0 Å². The van der Waals surface area contributed by atoms with E-state index in [0.717, 1.165) is 36.4 Å². The van der Waals surface area contributed by atoms with Crippen molar-refractivity contribution in [2.24, 2.45) is 17.8 Å². The number of likely N-dealkylation sites (tertiary alicyclic amines) is 1. The van der Waals surface area contributed by atoms with Gasteiger partial charge in [-0.3, -0.25) is 14.6 Å². The van der Waals surface area contributed by atoms with E-state index in [4.69, 9.17) is 0 Å². The van der Waals surface area contributed by atoms with Crippen LogP contribution in [-0.2, 0) is 4.79 Å². The van der Waals surface area contributed by atoms with Crippen LogP contribution in [0.25, 0.3) is 0 Å². The van der Waals surface area contributed by atoms with Gasteiger partial charge in [0.15, 0.2) is 0 Å². The van der Waals surface area contributed by atoms with E-state index in [0.29, 0.717) is 31.6 Å². The number of benzene rings is 1. The molecule has 5 fully saturated rings. The third-order valence-electron chi connectivity index (χ3n) is 9.94. The van der Waals surface area contributed by atoms with Gasteiger partial charge in [-0.05, 0) is 75.3 Å². The summed E-state index contributed by atoms with van der Waals surface area (Å²) in [5.41, 5.74) is 0.958. The molecule has 0 aromatic heterocycles. The van der Waals surface area contributed by atoms with Gasteiger partial charge in [0.1, 0.15) is 0 Å². The number of carboxylic acid groups (broad SMARTS) is 1. The molecule has 6 nitrogen and oxygen atoms in total. The number of rotatable bonds is 4. The summed E-state index contributed by atoms with van der Waals surface area (Å²) in [6.45, 7) is 0.865. The Morgan fingerprint density at radius 1 is 0.800 bits per heavy atom. The largest absolute Gasteiger partial charge is 0.481 e. The number of anilines is 1. The zero-order chi connectivity index (χ0) is 23.9. The number of hydrogen-bond donors (Lipinski definition) is 1. The fourth-order valence-corrected chi connectivity index (χ4v) is 8.49. The SMILES string of the molecule is O=C(O)C1CCN(C(=O)N(c2ccccc2)C2CC3CCCC(C2)N3C2CC3CCCC(C3)C2)C1. The Morgan fingerprint density at radius 2 is 1.46 bits per heavy atom. The van der Waals surface area contributed by atoms with Crippen molar-refractivity contribution >= 4 is 17.7 Å². The normalized spacial score (nSPS) is 37.1. The second-order valence-electron chi connectivity index (χ2n) is 12.1. The van der Waals surface area contributed by atoms with E-state index in [2.05, 4.69) is 4.90 Å². The zero-order valence-electron chi connectivity index (χ0n) is 20.9. The molecule has 0 radical (unpaired) electrons. The lowest BCUT2D eigenvalue weighted by Crippen LogP contribution is -2.62. The Morgan fingerprint density at radius 3 is 2.09 bits per heavy atom. The Hall–Kier alpha value is -2.08. The van der Waals surface area contributed by atoms with Crippen LogP contribution in [-0.4, -0.2) is 64.2 Å². The number of piperidine rings is 2. The maximum absolute atomic E-state index is 13.9. The van der Waals surface area contributed by atoms with Gasteiger partial charge in [0.2, 0.25) is 0 Å². The Kier molecular flexibility index (Phi) is 6.50. The number of amides is 2. The number of carbonyl (C=O) groups is 2. The van der Waals surface area contributed by atoms with Gasteiger partial charge in [-0.2, -0.15) is 0 Å². The minimum Gasteiger partial charge on any atom is -0.481 e. The van der Waals surface area contributed by atoms with E-state index in [1.807, 2.05) is 35.2 Å². The number of nitrogens with zero attached hydrogens (tertiary/aromatic N) is 3. The van der Waals surface area contributed by atoms with Gasteiger partial charge in [-0.15, -0.1) is 0 Å². The molecule has 2 saturated carbocycles. The maximum atomic E-state index is 13.9. The molecule has 3 saturated heterocycles. The number of aliphatic carboxylic acids is 1. The first-order valence-electron chi connectivity index (χ1n) is 14.2. The Bertz CT molecular complexity index is 897.